The van der Waals surface area contributed by atoms with Crippen LogP contribution in [0.2, 0.25) is 0 Å². The van der Waals surface area contributed by atoms with E-state index in [0.29, 0.717) is 10.2 Å². The lowest BCUT2D eigenvalue weighted by molar-refractivity contribution is 0.102. The van der Waals surface area contributed by atoms with Gasteiger partial charge < -0.3 is 9.88 Å². The molecule has 3 rings (SSSR count). The molecule has 1 amide bonds. The van der Waals surface area contributed by atoms with Crippen LogP contribution in [-0.2, 0) is 0 Å². The van der Waals surface area contributed by atoms with Crippen LogP contribution < -0.4 is 5.32 Å². The summed E-state index contributed by atoms with van der Waals surface area (Å²) in [4.78, 5) is 16.0. The monoisotopic (exact) mass is 377 g/mol. The molecule has 0 spiro atoms. The van der Waals surface area contributed by atoms with Gasteiger partial charge in [-0.2, -0.15) is 0 Å². The van der Waals surface area contributed by atoms with Crippen molar-refractivity contribution < 1.29 is 13.6 Å². The third kappa shape index (κ3) is 3.45. The summed E-state index contributed by atoms with van der Waals surface area (Å²) in [5.74, 6) is -1.58. The van der Waals surface area contributed by atoms with E-state index >= 15 is 0 Å². The number of amides is 1. The largest absolute Gasteiger partial charge is 0.322 e. The van der Waals surface area contributed by atoms with Gasteiger partial charge in [-0.3, -0.25) is 4.79 Å². The van der Waals surface area contributed by atoms with Gasteiger partial charge in [0.25, 0.3) is 5.91 Å². The number of nitrogens with zero attached hydrogens (tertiary/aromatic N) is 2. The van der Waals surface area contributed by atoms with Crippen molar-refractivity contribution >= 4 is 27.5 Å². The molecule has 116 valence electrons. The summed E-state index contributed by atoms with van der Waals surface area (Å²) in [5, 5.41) is 2.53. The van der Waals surface area contributed by atoms with Crippen molar-refractivity contribution in [2.24, 2.45) is 0 Å². The molecule has 23 heavy (non-hydrogen) atoms. The first kappa shape index (κ1) is 15.4. The Hall–Kier alpha value is -2.54. The first-order valence-corrected chi connectivity index (χ1v) is 7.37. The third-order valence-electron chi connectivity index (χ3n) is 3.11. The number of hydrogen-bond donors (Lipinski definition) is 1. The zero-order valence-electron chi connectivity index (χ0n) is 11.6. The molecule has 0 aliphatic rings. The van der Waals surface area contributed by atoms with Crippen molar-refractivity contribution in [3.05, 3.63) is 76.8 Å². The molecule has 0 unspecified atom stereocenters. The van der Waals surface area contributed by atoms with E-state index in [1.807, 2.05) is 0 Å². The highest BCUT2D eigenvalue weighted by atomic mass is 79.9. The predicted molar refractivity (Wildman–Crippen MR) is 85.6 cm³/mol. The van der Waals surface area contributed by atoms with E-state index in [0.717, 1.165) is 6.07 Å². The fourth-order valence-corrected chi connectivity index (χ4v) is 2.55. The molecule has 1 heterocycles. The van der Waals surface area contributed by atoms with Gasteiger partial charge in [0.15, 0.2) is 0 Å². The molecular formula is C16H10BrF2N3O. The van der Waals surface area contributed by atoms with Crippen LogP contribution in [0.15, 0.2) is 59.6 Å². The van der Waals surface area contributed by atoms with Crippen molar-refractivity contribution in [3.63, 3.8) is 0 Å². The van der Waals surface area contributed by atoms with Gasteiger partial charge in [-0.25, -0.2) is 13.8 Å². The number of imidazole rings is 1. The first-order valence-electron chi connectivity index (χ1n) is 6.58. The molecule has 1 aromatic heterocycles. The topological polar surface area (TPSA) is 46.9 Å². The van der Waals surface area contributed by atoms with E-state index in [1.165, 1.54) is 41.4 Å². The maximum Gasteiger partial charge on any atom is 0.255 e. The highest BCUT2D eigenvalue weighted by Gasteiger charge is 2.11. The average Bonchev–Trinajstić information content (AvgIpc) is 3.00. The fourth-order valence-electron chi connectivity index (χ4n) is 2.08. The Kier molecular flexibility index (Phi) is 4.20. The van der Waals surface area contributed by atoms with Crippen LogP contribution in [0.4, 0.5) is 14.5 Å². The lowest BCUT2D eigenvalue weighted by atomic mass is 10.2. The quantitative estimate of drug-likeness (QED) is 0.744. The van der Waals surface area contributed by atoms with Gasteiger partial charge >= 0.3 is 0 Å². The van der Waals surface area contributed by atoms with E-state index in [9.17, 15) is 13.6 Å². The minimum absolute atomic E-state index is 0.135. The summed E-state index contributed by atoms with van der Waals surface area (Å²) in [6, 6.07) is 8.11. The summed E-state index contributed by atoms with van der Waals surface area (Å²) in [7, 11) is 0. The molecule has 3 aromatic rings. The maximum absolute atomic E-state index is 14.1. The number of aromatic nitrogens is 2. The van der Waals surface area contributed by atoms with Crippen LogP contribution in [0.3, 0.4) is 0 Å². The van der Waals surface area contributed by atoms with Gasteiger partial charge in [0.05, 0.1) is 12.0 Å². The van der Waals surface area contributed by atoms with Gasteiger partial charge in [-0.15, -0.1) is 0 Å². The number of rotatable bonds is 3. The molecule has 1 N–H and O–H groups in total. The molecule has 0 aliphatic heterocycles. The highest BCUT2D eigenvalue weighted by molar-refractivity contribution is 9.10. The number of halogens is 3. The third-order valence-corrected chi connectivity index (χ3v) is 3.57. The Morgan fingerprint density at radius 1 is 1.17 bits per heavy atom. The van der Waals surface area contributed by atoms with Crippen LogP contribution in [0.1, 0.15) is 10.4 Å². The Balaban J connectivity index is 1.83. The van der Waals surface area contributed by atoms with Crippen molar-refractivity contribution in [3.8, 4) is 5.69 Å². The molecule has 2 aromatic carbocycles. The molecule has 0 aliphatic carbocycles. The number of nitrogens with one attached hydrogen (secondary N) is 1. The lowest BCUT2D eigenvalue weighted by Gasteiger charge is -2.09. The number of anilines is 1. The Labute approximate surface area is 138 Å². The molecule has 0 radical (unpaired) electrons. The summed E-state index contributed by atoms with van der Waals surface area (Å²) >= 11 is 3.12. The molecule has 0 saturated carbocycles. The molecule has 0 atom stereocenters. The number of hydrogen-bond acceptors (Lipinski definition) is 2. The normalized spacial score (nSPS) is 10.6. The van der Waals surface area contributed by atoms with E-state index in [2.05, 4.69) is 26.2 Å². The minimum atomic E-state index is -0.536. The van der Waals surface area contributed by atoms with Crippen LogP contribution in [-0.4, -0.2) is 15.5 Å². The fraction of sp³-hybridized carbons (Fsp3) is 0. The van der Waals surface area contributed by atoms with Crippen molar-refractivity contribution in [1.29, 1.82) is 0 Å². The van der Waals surface area contributed by atoms with Gasteiger partial charge in [0.1, 0.15) is 11.6 Å². The van der Waals surface area contributed by atoms with Crippen LogP contribution >= 0.6 is 15.9 Å². The second-order valence-electron chi connectivity index (χ2n) is 4.75. The van der Waals surface area contributed by atoms with E-state index in [1.54, 1.807) is 12.3 Å². The van der Waals surface area contributed by atoms with Crippen molar-refractivity contribution in [2.75, 3.05) is 5.32 Å². The van der Waals surface area contributed by atoms with Crippen molar-refractivity contribution in [2.45, 2.75) is 0 Å². The second-order valence-corrected chi connectivity index (χ2v) is 5.66. The zero-order chi connectivity index (χ0) is 16.4. The second kappa shape index (κ2) is 6.29. The number of benzene rings is 2. The molecule has 7 heteroatoms. The zero-order valence-corrected chi connectivity index (χ0v) is 13.2. The molecule has 0 saturated heterocycles. The predicted octanol–water partition coefficient (Wildman–Crippen LogP) is 4.17. The smallest absolute Gasteiger partial charge is 0.255 e. The molecule has 0 fully saturated rings. The molecular weight excluding hydrogens is 368 g/mol. The van der Waals surface area contributed by atoms with E-state index < -0.39 is 17.5 Å². The van der Waals surface area contributed by atoms with Crippen LogP contribution in [0.5, 0.6) is 0 Å². The van der Waals surface area contributed by atoms with Crippen LogP contribution in [0.25, 0.3) is 5.69 Å². The molecule has 4 nitrogen and oxygen atoms in total. The first-order chi connectivity index (χ1) is 11.0. The van der Waals surface area contributed by atoms with Crippen molar-refractivity contribution in [1.82, 2.24) is 9.55 Å². The standard InChI is InChI=1S/C16H10BrF2N3O/c17-11-5-10(6-12(18)7-11)16(23)21-13-1-2-15(14(19)8-13)22-4-3-20-9-22/h1-9H,(H,21,23). The molecule has 0 bridgehead atoms. The number of carbonyl (C=O) groups is 1. The Morgan fingerprint density at radius 2 is 2.00 bits per heavy atom. The minimum Gasteiger partial charge on any atom is -0.322 e. The number of carbonyl (C=O) groups excluding carboxylic acids is 1. The summed E-state index contributed by atoms with van der Waals surface area (Å²) in [6.45, 7) is 0. The SMILES string of the molecule is O=C(Nc1ccc(-n2ccnc2)c(F)c1)c1cc(F)cc(Br)c1. The summed E-state index contributed by atoms with van der Waals surface area (Å²) in [6.07, 6.45) is 4.62. The Bertz CT molecular complexity index is 846. The summed E-state index contributed by atoms with van der Waals surface area (Å²) in [5.41, 5.74) is 0.724. The van der Waals surface area contributed by atoms with Gasteiger partial charge in [-0.05, 0) is 36.4 Å². The van der Waals surface area contributed by atoms with E-state index in [-0.39, 0.29) is 11.3 Å². The van der Waals surface area contributed by atoms with Crippen LogP contribution in [0, 0.1) is 11.6 Å². The lowest BCUT2D eigenvalue weighted by Crippen LogP contribution is -2.12. The maximum atomic E-state index is 14.1. The van der Waals surface area contributed by atoms with Gasteiger partial charge in [-0.1, -0.05) is 15.9 Å². The van der Waals surface area contributed by atoms with Gasteiger partial charge in [0.2, 0.25) is 0 Å². The highest BCUT2D eigenvalue weighted by Crippen LogP contribution is 2.20. The Morgan fingerprint density at radius 3 is 2.65 bits per heavy atom. The van der Waals surface area contributed by atoms with E-state index in [4.69, 9.17) is 0 Å². The summed E-state index contributed by atoms with van der Waals surface area (Å²) < 4.78 is 29.4. The average molecular weight is 378 g/mol. The van der Waals surface area contributed by atoms with Gasteiger partial charge in [0, 0.05) is 28.1 Å².